The van der Waals surface area contributed by atoms with E-state index in [1.807, 2.05) is 85.8 Å². The molecule has 3 nitrogen and oxygen atoms in total. The summed E-state index contributed by atoms with van der Waals surface area (Å²) in [5.41, 5.74) is 1.08. The van der Waals surface area contributed by atoms with Crippen molar-refractivity contribution < 1.29 is 13.0 Å². The largest absolute Gasteiger partial charge is 0.744 e. The van der Waals surface area contributed by atoms with Gasteiger partial charge in [-0.2, -0.15) is 0 Å². The third-order valence-electron chi connectivity index (χ3n) is 5.17. The summed E-state index contributed by atoms with van der Waals surface area (Å²) >= 11 is 0. The van der Waals surface area contributed by atoms with Gasteiger partial charge in [0.05, 0.1) is 4.90 Å². The van der Waals surface area contributed by atoms with Crippen molar-refractivity contribution in [1.29, 1.82) is 0 Å². The summed E-state index contributed by atoms with van der Waals surface area (Å²) in [6.45, 7) is 2.02. The molecular weight excluding hydrogens is 411 g/mol. The fraction of sp³-hybridized carbons (Fsp3) is 0.0400. The molecule has 5 heteroatoms. The molecule has 150 valence electrons. The Morgan fingerprint density at radius 2 is 1.13 bits per heavy atom. The highest BCUT2D eigenvalue weighted by Gasteiger charge is 2.49. The predicted octanol–water partition coefficient (Wildman–Crippen LogP) is 3.52. The Bertz CT molecular complexity index is 1230. The third kappa shape index (κ3) is 3.59. The average molecular weight is 432 g/mol. The standard InChI is InChI=1S/C25H21O3PS/c1-20-11-10-16-23(19-20)29(21-12-4-2-5-13-21,22-14-6-3-7-15-22)24-17-8-9-18-25(24)30(26,27)28/h2-19H,1H3. The summed E-state index contributed by atoms with van der Waals surface area (Å²) in [5, 5.41) is 3.56. The smallest absolute Gasteiger partial charge is 0.145 e. The number of hydrogen-bond acceptors (Lipinski definition) is 3. The molecule has 0 saturated carbocycles. The number of benzene rings is 4. The molecule has 0 aromatic heterocycles. The first-order chi connectivity index (χ1) is 14.4. The normalized spacial score (nSPS) is 11.9. The van der Waals surface area contributed by atoms with Gasteiger partial charge in [0.15, 0.2) is 0 Å². The first-order valence-corrected chi connectivity index (χ1v) is 12.8. The van der Waals surface area contributed by atoms with Crippen LogP contribution in [-0.2, 0) is 10.1 Å². The second-order valence-electron chi connectivity index (χ2n) is 7.10. The van der Waals surface area contributed by atoms with Crippen LogP contribution in [0, 0.1) is 6.92 Å². The van der Waals surface area contributed by atoms with Gasteiger partial charge in [-0.3, -0.25) is 0 Å². The summed E-state index contributed by atoms with van der Waals surface area (Å²) in [5.74, 6) is 0. The Morgan fingerprint density at radius 1 is 0.633 bits per heavy atom. The Morgan fingerprint density at radius 3 is 1.67 bits per heavy atom. The molecule has 0 spiro atoms. The van der Waals surface area contributed by atoms with Crippen molar-refractivity contribution in [3.05, 3.63) is 115 Å². The predicted molar refractivity (Wildman–Crippen MR) is 124 cm³/mol. The maximum Gasteiger partial charge on any atom is 0.145 e. The zero-order valence-electron chi connectivity index (χ0n) is 16.5. The molecule has 4 aromatic carbocycles. The quantitative estimate of drug-likeness (QED) is 0.358. The van der Waals surface area contributed by atoms with Crippen molar-refractivity contribution in [3.63, 3.8) is 0 Å². The highest BCUT2D eigenvalue weighted by atomic mass is 32.2. The van der Waals surface area contributed by atoms with Gasteiger partial charge >= 0.3 is 0 Å². The van der Waals surface area contributed by atoms with Gasteiger partial charge in [0.25, 0.3) is 0 Å². The van der Waals surface area contributed by atoms with E-state index in [0.29, 0.717) is 5.30 Å². The summed E-state index contributed by atoms with van der Waals surface area (Å²) < 4.78 is 37.0. The van der Waals surface area contributed by atoms with Crippen LogP contribution in [0.4, 0.5) is 0 Å². The van der Waals surface area contributed by atoms with Crippen molar-refractivity contribution in [2.45, 2.75) is 11.8 Å². The van der Waals surface area contributed by atoms with Crippen molar-refractivity contribution in [1.82, 2.24) is 0 Å². The maximum atomic E-state index is 12.3. The molecule has 0 unspecified atom stereocenters. The van der Waals surface area contributed by atoms with E-state index in [4.69, 9.17) is 0 Å². The fourth-order valence-electron chi connectivity index (χ4n) is 3.95. The molecule has 0 radical (unpaired) electrons. The topological polar surface area (TPSA) is 57.2 Å². The lowest BCUT2D eigenvalue weighted by Crippen LogP contribution is -2.40. The van der Waals surface area contributed by atoms with Crippen LogP contribution in [0.15, 0.2) is 114 Å². The summed E-state index contributed by atoms with van der Waals surface area (Å²) in [6.07, 6.45) is 0. The average Bonchev–Trinajstić information content (AvgIpc) is 2.76. The Hall–Kier alpha value is -2.78. The van der Waals surface area contributed by atoms with E-state index >= 15 is 0 Å². The van der Waals surface area contributed by atoms with Crippen LogP contribution in [0.2, 0.25) is 0 Å². The lowest BCUT2D eigenvalue weighted by atomic mass is 10.2. The molecule has 0 heterocycles. The third-order valence-corrected chi connectivity index (χ3v) is 10.5. The van der Waals surface area contributed by atoms with Crippen molar-refractivity contribution in [2.75, 3.05) is 0 Å². The van der Waals surface area contributed by atoms with Crippen LogP contribution in [-0.4, -0.2) is 13.0 Å². The van der Waals surface area contributed by atoms with Gasteiger partial charge in [-0.25, -0.2) is 8.42 Å². The van der Waals surface area contributed by atoms with Crippen molar-refractivity contribution in [2.24, 2.45) is 0 Å². The van der Waals surface area contributed by atoms with E-state index in [-0.39, 0.29) is 4.90 Å². The first-order valence-electron chi connectivity index (χ1n) is 9.57. The second-order valence-corrected chi connectivity index (χ2v) is 11.8. The Labute approximate surface area is 178 Å². The molecule has 0 saturated heterocycles. The van der Waals surface area contributed by atoms with Gasteiger partial charge in [0, 0.05) is 0 Å². The van der Waals surface area contributed by atoms with Crippen LogP contribution in [0.25, 0.3) is 0 Å². The minimum atomic E-state index is -4.67. The van der Waals surface area contributed by atoms with E-state index in [1.54, 1.807) is 18.2 Å². The maximum absolute atomic E-state index is 12.3. The zero-order chi connectivity index (χ0) is 21.2. The van der Waals surface area contributed by atoms with Crippen LogP contribution in [0.1, 0.15) is 5.56 Å². The Kier molecular flexibility index (Phi) is 5.57. The lowest BCUT2D eigenvalue weighted by Gasteiger charge is -2.29. The van der Waals surface area contributed by atoms with Gasteiger partial charge in [-0.15, -0.1) is 0 Å². The molecule has 0 amide bonds. The minimum absolute atomic E-state index is 0.160. The number of aryl methyl sites for hydroxylation is 1. The van der Waals surface area contributed by atoms with Gasteiger partial charge in [-0.05, 0) is 61.0 Å². The SMILES string of the molecule is Cc1cccc([P+](c2ccccc2)(c2ccccc2)c2ccccc2S(=O)(=O)[O-])c1. The van der Waals surface area contributed by atoms with Gasteiger partial charge in [0.2, 0.25) is 0 Å². The van der Waals surface area contributed by atoms with Crippen LogP contribution < -0.4 is 21.2 Å². The molecule has 0 aliphatic heterocycles. The molecule has 0 aliphatic carbocycles. The van der Waals surface area contributed by atoms with Crippen LogP contribution in [0.5, 0.6) is 0 Å². The molecule has 0 bridgehead atoms. The molecular formula is C25H21O3PS. The molecule has 30 heavy (non-hydrogen) atoms. The monoisotopic (exact) mass is 432 g/mol. The van der Waals surface area contributed by atoms with Gasteiger partial charge in [0.1, 0.15) is 38.6 Å². The molecule has 0 atom stereocenters. The summed E-state index contributed by atoms with van der Waals surface area (Å²) in [6, 6.07) is 34.6. The van der Waals surface area contributed by atoms with Gasteiger partial charge < -0.3 is 4.55 Å². The highest BCUT2D eigenvalue weighted by molar-refractivity contribution is 8.02. The van der Waals surface area contributed by atoms with Crippen molar-refractivity contribution in [3.8, 4) is 0 Å². The van der Waals surface area contributed by atoms with E-state index in [1.165, 1.54) is 6.07 Å². The number of rotatable bonds is 5. The lowest BCUT2D eigenvalue weighted by molar-refractivity contribution is 0.463. The Balaban J connectivity index is 2.24. The first kappa shape index (κ1) is 20.5. The molecule has 0 aliphatic rings. The fourth-order valence-corrected chi connectivity index (χ4v) is 9.65. The van der Waals surface area contributed by atoms with E-state index < -0.39 is 17.4 Å². The minimum Gasteiger partial charge on any atom is -0.744 e. The molecule has 0 fully saturated rings. The number of hydrogen-bond donors (Lipinski definition) is 0. The summed E-state index contributed by atoms with van der Waals surface area (Å²) in [4.78, 5) is -0.160. The summed E-state index contributed by atoms with van der Waals surface area (Å²) in [7, 11) is -7.32. The molecule has 4 aromatic rings. The van der Waals surface area contributed by atoms with E-state index in [9.17, 15) is 13.0 Å². The van der Waals surface area contributed by atoms with Crippen LogP contribution >= 0.6 is 7.26 Å². The van der Waals surface area contributed by atoms with Crippen LogP contribution in [0.3, 0.4) is 0 Å². The highest BCUT2D eigenvalue weighted by Crippen LogP contribution is 2.55. The molecule has 0 N–H and O–H groups in total. The molecule has 4 rings (SSSR count). The van der Waals surface area contributed by atoms with E-state index in [0.717, 1.165) is 21.5 Å². The van der Waals surface area contributed by atoms with Crippen molar-refractivity contribution >= 4 is 38.6 Å². The second kappa shape index (κ2) is 8.16. The zero-order valence-corrected chi connectivity index (χ0v) is 18.2. The van der Waals surface area contributed by atoms with E-state index in [2.05, 4.69) is 6.07 Å². The van der Waals surface area contributed by atoms with Gasteiger partial charge in [-0.1, -0.05) is 60.7 Å².